The highest BCUT2D eigenvalue weighted by Gasteiger charge is 2.12. The SMILES string of the molecule is CNC(=S)NNC(=O)c1cccc(C(=O)NNC(=S)NC)n1. The van der Waals surface area contributed by atoms with Crippen LogP contribution in [0.1, 0.15) is 21.0 Å². The number of hydrogen-bond acceptors (Lipinski definition) is 5. The number of amides is 2. The zero-order chi connectivity index (χ0) is 16.5. The molecule has 9 nitrogen and oxygen atoms in total. The van der Waals surface area contributed by atoms with Crippen LogP contribution in [-0.2, 0) is 0 Å². The van der Waals surface area contributed by atoms with Crippen LogP contribution in [-0.4, -0.2) is 41.1 Å². The van der Waals surface area contributed by atoms with Crippen LogP contribution in [0.4, 0.5) is 0 Å². The molecule has 22 heavy (non-hydrogen) atoms. The van der Waals surface area contributed by atoms with Crippen molar-refractivity contribution in [3.05, 3.63) is 29.6 Å². The van der Waals surface area contributed by atoms with E-state index in [-0.39, 0.29) is 21.6 Å². The standard InChI is InChI=1S/C11H15N7O2S2/c1-12-10(21)17-15-8(19)6-4-3-5-7(14-6)9(20)16-18-11(22)13-2/h3-5H,1-2H3,(H,15,19)(H,16,20)(H2,12,17,21)(H2,13,18,22). The fraction of sp³-hybridized carbons (Fsp3) is 0.182. The first-order valence-corrected chi connectivity index (χ1v) is 6.82. The van der Waals surface area contributed by atoms with Gasteiger partial charge in [0.2, 0.25) is 0 Å². The summed E-state index contributed by atoms with van der Waals surface area (Å²) in [6.45, 7) is 0. The zero-order valence-corrected chi connectivity index (χ0v) is 13.4. The van der Waals surface area contributed by atoms with Gasteiger partial charge in [0.05, 0.1) is 0 Å². The minimum absolute atomic E-state index is 0.0512. The van der Waals surface area contributed by atoms with E-state index in [1.807, 2.05) is 0 Å². The maximum atomic E-state index is 11.9. The molecule has 11 heteroatoms. The second kappa shape index (κ2) is 8.69. The van der Waals surface area contributed by atoms with Crippen LogP contribution in [0.5, 0.6) is 0 Å². The Morgan fingerprint density at radius 1 is 0.864 bits per heavy atom. The monoisotopic (exact) mass is 341 g/mol. The Balaban J connectivity index is 2.68. The number of aromatic nitrogens is 1. The lowest BCUT2D eigenvalue weighted by atomic mass is 10.3. The number of hydrazine groups is 2. The number of pyridine rings is 1. The summed E-state index contributed by atoms with van der Waals surface area (Å²) in [6.07, 6.45) is 0. The van der Waals surface area contributed by atoms with Crippen molar-refractivity contribution < 1.29 is 9.59 Å². The summed E-state index contributed by atoms with van der Waals surface area (Å²) in [5.41, 5.74) is 9.73. The maximum Gasteiger partial charge on any atom is 0.288 e. The third-order valence-electron chi connectivity index (χ3n) is 2.25. The van der Waals surface area contributed by atoms with Crippen molar-refractivity contribution >= 4 is 46.5 Å². The molecule has 0 aliphatic carbocycles. The number of carbonyl (C=O) groups excluding carboxylic acids is 2. The van der Waals surface area contributed by atoms with Crippen molar-refractivity contribution in [3.8, 4) is 0 Å². The minimum atomic E-state index is -0.536. The van der Waals surface area contributed by atoms with Crippen LogP contribution in [0.2, 0.25) is 0 Å². The molecule has 0 fully saturated rings. The van der Waals surface area contributed by atoms with Gasteiger partial charge in [-0.3, -0.25) is 31.3 Å². The van der Waals surface area contributed by atoms with Crippen LogP contribution < -0.4 is 32.3 Å². The lowest BCUT2D eigenvalue weighted by Crippen LogP contribution is -2.46. The van der Waals surface area contributed by atoms with Gasteiger partial charge >= 0.3 is 0 Å². The highest BCUT2D eigenvalue weighted by atomic mass is 32.1. The first kappa shape index (κ1) is 17.5. The van der Waals surface area contributed by atoms with E-state index in [4.69, 9.17) is 24.4 Å². The Hall–Kier alpha value is -2.53. The van der Waals surface area contributed by atoms with Crippen LogP contribution in [0.15, 0.2) is 18.2 Å². The van der Waals surface area contributed by atoms with Gasteiger partial charge in [-0.15, -0.1) is 0 Å². The van der Waals surface area contributed by atoms with Gasteiger partial charge in [-0.2, -0.15) is 0 Å². The summed E-state index contributed by atoms with van der Waals surface area (Å²) >= 11 is 9.63. The molecule has 0 atom stereocenters. The predicted molar refractivity (Wildman–Crippen MR) is 88.8 cm³/mol. The number of hydrogen-bond donors (Lipinski definition) is 6. The van der Waals surface area contributed by atoms with Crippen molar-refractivity contribution in [1.29, 1.82) is 0 Å². The molecule has 0 aliphatic heterocycles. The molecule has 0 spiro atoms. The second-order valence-corrected chi connectivity index (χ2v) is 4.54. The Labute approximate surface area is 137 Å². The lowest BCUT2D eigenvalue weighted by Gasteiger charge is -2.10. The average molecular weight is 341 g/mol. The van der Waals surface area contributed by atoms with Crippen LogP contribution in [0.3, 0.4) is 0 Å². The number of carbonyl (C=O) groups is 2. The van der Waals surface area contributed by atoms with E-state index in [2.05, 4.69) is 37.3 Å². The molecule has 1 aromatic heterocycles. The van der Waals surface area contributed by atoms with Gasteiger partial charge in [0.15, 0.2) is 10.2 Å². The second-order valence-electron chi connectivity index (χ2n) is 3.72. The van der Waals surface area contributed by atoms with Crippen molar-refractivity contribution in [1.82, 2.24) is 37.3 Å². The van der Waals surface area contributed by atoms with E-state index in [0.717, 1.165) is 0 Å². The van der Waals surface area contributed by atoms with E-state index in [1.54, 1.807) is 14.1 Å². The molecule has 1 rings (SSSR count). The first-order valence-electron chi connectivity index (χ1n) is 6.01. The van der Waals surface area contributed by atoms with Gasteiger partial charge in [0.1, 0.15) is 11.4 Å². The topological polar surface area (TPSA) is 119 Å². The van der Waals surface area contributed by atoms with Gasteiger partial charge < -0.3 is 10.6 Å². The first-order chi connectivity index (χ1) is 10.5. The Morgan fingerprint density at radius 2 is 1.27 bits per heavy atom. The van der Waals surface area contributed by atoms with E-state index < -0.39 is 11.8 Å². The summed E-state index contributed by atoms with van der Waals surface area (Å²) in [5, 5.41) is 5.74. The van der Waals surface area contributed by atoms with E-state index in [1.165, 1.54) is 18.2 Å². The largest absolute Gasteiger partial charge is 0.364 e. The molecule has 0 aromatic carbocycles. The number of nitrogens with one attached hydrogen (secondary N) is 6. The fourth-order valence-electron chi connectivity index (χ4n) is 1.17. The Morgan fingerprint density at radius 3 is 1.64 bits per heavy atom. The van der Waals surface area contributed by atoms with Crippen molar-refractivity contribution in [2.24, 2.45) is 0 Å². The third-order valence-corrected chi connectivity index (χ3v) is 2.86. The normalized spacial score (nSPS) is 9.18. The van der Waals surface area contributed by atoms with E-state index in [9.17, 15) is 9.59 Å². The highest BCUT2D eigenvalue weighted by molar-refractivity contribution is 7.80. The lowest BCUT2D eigenvalue weighted by molar-refractivity contribution is 0.0934. The smallest absolute Gasteiger partial charge is 0.288 e. The molecule has 0 unspecified atom stereocenters. The third kappa shape index (κ3) is 5.46. The summed E-state index contributed by atoms with van der Waals surface area (Å²) < 4.78 is 0. The molecular weight excluding hydrogens is 326 g/mol. The predicted octanol–water partition coefficient (Wildman–Crippen LogP) is -1.44. The molecule has 1 aromatic rings. The molecule has 1 heterocycles. The number of nitrogens with zero attached hydrogens (tertiary/aromatic N) is 1. The number of rotatable bonds is 2. The van der Waals surface area contributed by atoms with Gasteiger partial charge in [0.25, 0.3) is 11.8 Å². The van der Waals surface area contributed by atoms with Crippen molar-refractivity contribution in [2.45, 2.75) is 0 Å². The summed E-state index contributed by atoms with van der Waals surface area (Å²) in [4.78, 5) is 27.7. The summed E-state index contributed by atoms with van der Waals surface area (Å²) in [7, 11) is 3.21. The van der Waals surface area contributed by atoms with Crippen LogP contribution in [0.25, 0.3) is 0 Å². The molecule has 2 amide bonds. The zero-order valence-electron chi connectivity index (χ0n) is 11.8. The number of thiocarbonyl (C=S) groups is 2. The summed E-state index contributed by atoms with van der Waals surface area (Å²) in [5.74, 6) is -1.07. The van der Waals surface area contributed by atoms with E-state index in [0.29, 0.717) is 0 Å². The molecular formula is C11H15N7O2S2. The average Bonchev–Trinajstić information content (AvgIpc) is 2.56. The Kier molecular flexibility index (Phi) is 6.92. The maximum absolute atomic E-state index is 11.9. The molecule has 0 saturated carbocycles. The molecule has 0 aliphatic rings. The van der Waals surface area contributed by atoms with E-state index >= 15 is 0 Å². The van der Waals surface area contributed by atoms with Crippen molar-refractivity contribution in [2.75, 3.05) is 14.1 Å². The molecule has 6 N–H and O–H groups in total. The minimum Gasteiger partial charge on any atom is -0.364 e. The molecule has 0 saturated heterocycles. The molecule has 118 valence electrons. The van der Waals surface area contributed by atoms with Crippen molar-refractivity contribution in [3.63, 3.8) is 0 Å². The van der Waals surface area contributed by atoms with Crippen LogP contribution >= 0.6 is 24.4 Å². The Bertz CT molecular complexity index is 546. The molecule has 0 radical (unpaired) electrons. The van der Waals surface area contributed by atoms with Crippen LogP contribution in [0, 0.1) is 0 Å². The quantitative estimate of drug-likeness (QED) is 0.284. The summed E-state index contributed by atoms with van der Waals surface area (Å²) in [6, 6.07) is 4.45. The van der Waals surface area contributed by atoms with Gasteiger partial charge in [-0.1, -0.05) is 6.07 Å². The highest BCUT2D eigenvalue weighted by Crippen LogP contribution is 1.99. The van der Waals surface area contributed by atoms with Gasteiger partial charge in [-0.25, -0.2) is 4.98 Å². The molecule has 0 bridgehead atoms. The van der Waals surface area contributed by atoms with Gasteiger partial charge in [-0.05, 0) is 36.6 Å². The fourth-order valence-corrected chi connectivity index (χ4v) is 1.27. The van der Waals surface area contributed by atoms with Gasteiger partial charge in [0, 0.05) is 14.1 Å².